The Bertz CT molecular complexity index is 956. The second-order valence-electron chi connectivity index (χ2n) is 4.51. The second kappa shape index (κ2) is 5.06. The van der Waals surface area contributed by atoms with Crippen LogP contribution in [0.2, 0.25) is 0 Å². The smallest absolute Gasteiger partial charge is 0.267 e. The van der Waals surface area contributed by atoms with Crippen molar-refractivity contribution < 1.29 is 8.42 Å². The van der Waals surface area contributed by atoms with Crippen LogP contribution in [0.4, 0.5) is 5.69 Å². The van der Waals surface area contributed by atoms with Gasteiger partial charge in [-0.05, 0) is 11.5 Å². The lowest BCUT2D eigenvalue weighted by Crippen LogP contribution is -2.21. The molecule has 106 valence electrons. The largest absolute Gasteiger partial charge is 0.366 e. The maximum absolute atomic E-state index is 12.3. The van der Waals surface area contributed by atoms with Gasteiger partial charge in [0, 0.05) is 23.8 Å². The van der Waals surface area contributed by atoms with Gasteiger partial charge in [0.25, 0.3) is 10.0 Å². The highest BCUT2D eigenvalue weighted by Gasteiger charge is 2.18. The summed E-state index contributed by atoms with van der Waals surface area (Å²) in [6, 6.07) is 13.9. The molecule has 0 fully saturated rings. The molecule has 1 aromatic heterocycles. The van der Waals surface area contributed by atoms with E-state index in [4.69, 9.17) is 0 Å². The Hall–Kier alpha value is -2.60. The van der Waals surface area contributed by atoms with E-state index in [0.717, 1.165) is 10.8 Å². The Morgan fingerprint density at radius 3 is 2.52 bits per heavy atom. The summed E-state index contributed by atoms with van der Waals surface area (Å²) in [6.45, 7) is 0. The molecule has 0 spiro atoms. The van der Waals surface area contributed by atoms with Gasteiger partial charge in [-0.15, -0.1) is 0 Å². The number of aromatic amines is 1. The number of nitrogens with one attached hydrogen (secondary N) is 2. The summed E-state index contributed by atoms with van der Waals surface area (Å²) in [6.07, 6.45) is 2.56. The minimum atomic E-state index is -3.93. The van der Waals surface area contributed by atoms with Gasteiger partial charge in [-0.25, -0.2) is 8.42 Å². The monoisotopic (exact) mass is 300 g/mol. The summed E-state index contributed by atoms with van der Waals surface area (Å²) < 4.78 is 27.1. The molecule has 3 rings (SSSR count). The van der Waals surface area contributed by atoms with Gasteiger partial charge >= 0.3 is 0 Å². The van der Waals surface area contributed by atoms with Gasteiger partial charge in [-0.3, -0.25) is 9.52 Å². The molecule has 5 nitrogen and oxygen atoms in total. The molecule has 6 heteroatoms. The van der Waals surface area contributed by atoms with Crippen LogP contribution in [0.1, 0.15) is 0 Å². The zero-order valence-electron chi connectivity index (χ0n) is 10.9. The Labute approximate surface area is 121 Å². The fourth-order valence-corrected chi connectivity index (χ4v) is 3.26. The molecule has 0 aliphatic heterocycles. The first-order valence-corrected chi connectivity index (χ1v) is 7.74. The van der Waals surface area contributed by atoms with Gasteiger partial charge in [0.1, 0.15) is 0 Å². The SMILES string of the molecule is O=c1cc[nH]cc1S(=O)(=O)Nc1cccc2ccccc12. The Balaban J connectivity index is 2.10. The molecule has 0 bridgehead atoms. The van der Waals surface area contributed by atoms with Crippen molar-refractivity contribution >= 4 is 26.5 Å². The number of aromatic nitrogens is 1. The van der Waals surface area contributed by atoms with Crippen molar-refractivity contribution in [2.24, 2.45) is 0 Å². The molecule has 0 saturated carbocycles. The summed E-state index contributed by atoms with van der Waals surface area (Å²) in [5.74, 6) is 0. The molecule has 0 aliphatic carbocycles. The first-order chi connectivity index (χ1) is 10.1. The summed E-state index contributed by atoms with van der Waals surface area (Å²) in [5, 5.41) is 1.69. The van der Waals surface area contributed by atoms with Crippen molar-refractivity contribution in [1.29, 1.82) is 0 Å². The summed E-state index contributed by atoms with van der Waals surface area (Å²) in [5.41, 5.74) is -0.113. The van der Waals surface area contributed by atoms with Crippen molar-refractivity contribution in [1.82, 2.24) is 4.98 Å². The lowest BCUT2D eigenvalue weighted by molar-refractivity contribution is 0.600. The molecule has 21 heavy (non-hydrogen) atoms. The fourth-order valence-electron chi connectivity index (χ4n) is 2.13. The van der Waals surface area contributed by atoms with Crippen LogP contribution in [-0.2, 0) is 10.0 Å². The molecular weight excluding hydrogens is 288 g/mol. The molecule has 0 atom stereocenters. The van der Waals surface area contributed by atoms with Crippen LogP contribution in [0.3, 0.4) is 0 Å². The number of fused-ring (bicyclic) bond motifs is 1. The van der Waals surface area contributed by atoms with Crippen molar-refractivity contribution in [2.45, 2.75) is 4.90 Å². The average Bonchev–Trinajstić information content (AvgIpc) is 2.47. The summed E-state index contributed by atoms with van der Waals surface area (Å²) >= 11 is 0. The lowest BCUT2D eigenvalue weighted by atomic mass is 10.1. The average molecular weight is 300 g/mol. The number of H-pyrrole nitrogens is 1. The minimum absolute atomic E-state index is 0.307. The van der Waals surface area contributed by atoms with Crippen molar-refractivity contribution in [2.75, 3.05) is 4.72 Å². The molecule has 1 heterocycles. The van der Waals surface area contributed by atoms with Gasteiger partial charge in [0.05, 0.1) is 5.69 Å². The molecule has 0 radical (unpaired) electrons. The molecule has 0 saturated heterocycles. The number of benzene rings is 2. The first-order valence-electron chi connectivity index (χ1n) is 6.26. The van der Waals surface area contributed by atoms with Crippen molar-refractivity contribution in [3.05, 3.63) is 71.1 Å². The molecule has 0 aliphatic rings. The fraction of sp³-hybridized carbons (Fsp3) is 0. The Morgan fingerprint density at radius 2 is 1.71 bits per heavy atom. The highest BCUT2D eigenvalue weighted by atomic mass is 32.2. The molecule has 3 aromatic rings. The highest BCUT2D eigenvalue weighted by Crippen LogP contribution is 2.24. The van der Waals surface area contributed by atoms with E-state index in [1.165, 1.54) is 18.5 Å². The number of pyridine rings is 1. The van der Waals surface area contributed by atoms with Gasteiger partial charge in [0.2, 0.25) is 5.43 Å². The third kappa shape index (κ3) is 2.53. The zero-order valence-corrected chi connectivity index (χ0v) is 11.7. The van der Waals surface area contributed by atoms with Crippen LogP contribution in [0, 0.1) is 0 Å². The normalized spacial score (nSPS) is 11.4. The van der Waals surface area contributed by atoms with Crippen LogP contribution in [0.15, 0.2) is 70.6 Å². The number of rotatable bonds is 3. The van der Waals surface area contributed by atoms with Crippen LogP contribution < -0.4 is 10.2 Å². The standard InChI is InChI=1S/C15H12N2O3S/c18-14-8-9-16-10-15(14)21(19,20)17-13-7-3-5-11-4-1-2-6-12(11)13/h1-10,17H,(H,16,18). The summed E-state index contributed by atoms with van der Waals surface area (Å²) in [7, 11) is -3.93. The van der Waals surface area contributed by atoms with Gasteiger partial charge in [-0.1, -0.05) is 36.4 Å². The predicted octanol–water partition coefficient (Wildman–Crippen LogP) is 2.33. The first kappa shape index (κ1) is 13.4. The third-order valence-corrected chi connectivity index (χ3v) is 4.50. The van der Waals surface area contributed by atoms with E-state index in [2.05, 4.69) is 9.71 Å². The molecule has 2 aromatic carbocycles. The number of anilines is 1. The number of hydrogen-bond acceptors (Lipinski definition) is 3. The van der Waals surface area contributed by atoms with Crippen LogP contribution in [0.25, 0.3) is 10.8 Å². The Kier molecular flexibility index (Phi) is 3.23. The van der Waals surface area contributed by atoms with Crippen LogP contribution in [0.5, 0.6) is 0 Å². The van der Waals surface area contributed by atoms with Crippen molar-refractivity contribution in [3.63, 3.8) is 0 Å². The number of sulfonamides is 1. The molecule has 2 N–H and O–H groups in total. The van der Waals surface area contributed by atoms with E-state index in [1.54, 1.807) is 12.1 Å². The minimum Gasteiger partial charge on any atom is -0.366 e. The van der Waals surface area contributed by atoms with E-state index >= 15 is 0 Å². The predicted molar refractivity (Wildman–Crippen MR) is 81.8 cm³/mol. The molecule has 0 unspecified atom stereocenters. The van der Waals surface area contributed by atoms with Crippen molar-refractivity contribution in [3.8, 4) is 0 Å². The molecule has 0 amide bonds. The van der Waals surface area contributed by atoms with Gasteiger partial charge < -0.3 is 4.98 Å². The second-order valence-corrected chi connectivity index (χ2v) is 6.16. The summed E-state index contributed by atoms with van der Waals surface area (Å²) in [4.78, 5) is 14.0. The maximum atomic E-state index is 12.3. The highest BCUT2D eigenvalue weighted by molar-refractivity contribution is 7.92. The zero-order chi connectivity index (χ0) is 14.9. The third-order valence-electron chi connectivity index (χ3n) is 3.11. The van der Waals surface area contributed by atoms with Crippen LogP contribution >= 0.6 is 0 Å². The topological polar surface area (TPSA) is 79.0 Å². The van der Waals surface area contributed by atoms with E-state index < -0.39 is 15.5 Å². The lowest BCUT2D eigenvalue weighted by Gasteiger charge is -2.10. The van der Waals surface area contributed by atoms with Gasteiger partial charge in [0.15, 0.2) is 4.90 Å². The number of hydrogen-bond donors (Lipinski definition) is 2. The van der Waals surface area contributed by atoms with E-state index in [-0.39, 0.29) is 4.90 Å². The van der Waals surface area contributed by atoms with E-state index in [0.29, 0.717) is 5.69 Å². The Morgan fingerprint density at radius 1 is 0.952 bits per heavy atom. The van der Waals surface area contributed by atoms with Crippen LogP contribution in [-0.4, -0.2) is 13.4 Å². The van der Waals surface area contributed by atoms with E-state index in [1.807, 2.05) is 30.3 Å². The molecular formula is C15H12N2O3S. The maximum Gasteiger partial charge on any atom is 0.267 e. The quantitative estimate of drug-likeness (QED) is 0.779. The van der Waals surface area contributed by atoms with Gasteiger partial charge in [-0.2, -0.15) is 0 Å². The van der Waals surface area contributed by atoms with E-state index in [9.17, 15) is 13.2 Å².